The minimum Gasteiger partial charge on any atom is -0.466 e. The highest BCUT2D eigenvalue weighted by Crippen LogP contribution is 2.44. The summed E-state index contributed by atoms with van der Waals surface area (Å²) in [6.07, 6.45) is -16.8. The van der Waals surface area contributed by atoms with E-state index in [1.165, 1.54) is 19.1 Å². The number of amides is 4. The molecule has 0 bridgehead atoms. The van der Waals surface area contributed by atoms with E-state index in [1.54, 1.807) is 43.3 Å². The molecule has 1 unspecified atom stereocenters. The van der Waals surface area contributed by atoms with E-state index in [1.807, 2.05) is 159 Å². The van der Waals surface area contributed by atoms with E-state index >= 15 is 19.2 Å². The van der Waals surface area contributed by atoms with Crippen LogP contribution in [0, 0.1) is 0 Å². The molecule has 13 rings (SSSR count). The second-order valence-corrected chi connectivity index (χ2v) is 25.6. The first kappa shape index (κ1) is 70.7. The number of imide groups is 2. The minimum atomic E-state index is -1.81. The molecule has 7 aromatic rings. The maximum absolute atomic E-state index is 15.6. The molecule has 528 valence electrons. The highest BCUT2D eigenvalue weighted by molar-refractivity contribution is 6.22. The monoisotopic (exact) mass is 1380 g/mol. The van der Waals surface area contributed by atoms with Crippen LogP contribution in [0.4, 0.5) is 0 Å². The molecule has 6 aliphatic rings. The van der Waals surface area contributed by atoms with Crippen molar-refractivity contribution in [1.29, 1.82) is 0 Å². The number of fused-ring (bicyclic) bond motifs is 3. The van der Waals surface area contributed by atoms with E-state index in [0.29, 0.717) is 24.8 Å². The Labute approximate surface area is 585 Å². The zero-order chi connectivity index (χ0) is 69.8. The average Bonchev–Trinajstić information content (AvgIpc) is 1.65. The first-order valence-electron chi connectivity index (χ1n) is 34.5. The van der Waals surface area contributed by atoms with Crippen LogP contribution in [0.3, 0.4) is 0 Å². The molecular weight excluding hydrogens is 1300 g/mol. The molecule has 6 aliphatic heterocycles. The van der Waals surface area contributed by atoms with Crippen molar-refractivity contribution in [2.75, 3.05) is 26.4 Å². The number of rotatable bonds is 29. The van der Waals surface area contributed by atoms with Crippen molar-refractivity contribution in [1.82, 2.24) is 9.80 Å². The van der Waals surface area contributed by atoms with E-state index in [-0.39, 0.29) is 87.5 Å². The van der Waals surface area contributed by atoms with E-state index < -0.39 is 128 Å². The van der Waals surface area contributed by atoms with Crippen LogP contribution in [0.1, 0.15) is 122 Å². The summed E-state index contributed by atoms with van der Waals surface area (Å²) in [5.74, 6) is -4.07. The second-order valence-electron chi connectivity index (χ2n) is 25.6. The molecule has 0 saturated carbocycles. The van der Waals surface area contributed by atoms with Gasteiger partial charge < -0.3 is 66.3 Å². The highest BCUT2D eigenvalue weighted by Gasteiger charge is 2.63. The zero-order valence-electron chi connectivity index (χ0n) is 56.3. The molecular formula is C79H82N2O20. The molecule has 0 aliphatic carbocycles. The molecule has 101 heavy (non-hydrogen) atoms. The third kappa shape index (κ3) is 16.3. The number of hydrogen-bond acceptors (Lipinski definition) is 20. The van der Waals surface area contributed by atoms with Crippen LogP contribution in [-0.2, 0) is 102 Å². The topological polar surface area (TPSA) is 238 Å². The number of nitrogens with zero attached hydrogens (tertiary/aromatic N) is 2. The average molecular weight is 1380 g/mol. The van der Waals surface area contributed by atoms with Gasteiger partial charge in [0, 0.05) is 25.5 Å². The molecule has 0 N–H and O–H groups in total. The van der Waals surface area contributed by atoms with Crippen LogP contribution in [-0.4, -0.2) is 164 Å². The maximum atomic E-state index is 15.6. The van der Waals surface area contributed by atoms with Gasteiger partial charge in [0.15, 0.2) is 31.3 Å². The van der Waals surface area contributed by atoms with Crippen molar-refractivity contribution in [3.8, 4) is 0 Å². The van der Waals surface area contributed by atoms with Gasteiger partial charge in [-0.2, -0.15) is 0 Å². The Morgan fingerprint density at radius 2 is 0.941 bits per heavy atom. The number of unbranched alkanes of at least 4 members (excludes halogenated alkanes) is 2. The van der Waals surface area contributed by atoms with Gasteiger partial charge in [-0.1, -0.05) is 182 Å². The highest BCUT2D eigenvalue weighted by atomic mass is 16.8. The molecule has 6 heterocycles. The van der Waals surface area contributed by atoms with Gasteiger partial charge in [0.05, 0.1) is 74.6 Å². The Kier molecular flexibility index (Phi) is 23.4. The predicted octanol–water partition coefficient (Wildman–Crippen LogP) is 10.4. The van der Waals surface area contributed by atoms with Gasteiger partial charge in [0.1, 0.15) is 60.9 Å². The third-order valence-corrected chi connectivity index (χ3v) is 18.7. The van der Waals surface area contributed by atoms with Crippen LogP contribution in [0.2, 0.25) is 0 Å². The summed E-state index contributed by atoms with van der Waals surface area (Å²) in [5, 5.41) is 0. The Balaban J connectivity index is 0.967. The van der Waals surface area contributed by atoms with Crippen LogP contribution in [0.5, 0.6) is 0 Å². The van der Waals surface area contributed by atoms with Crippen molar-refractivity contribution in [3.05, 3.63) is 250 Å². The molecule has 4 fully saturated rings. The van der Waals surface area contributed by atoms with Gasteiger partial charge in [0.2, 0.25) is 0 Å². The summed E-state index contributed by atoms with van der Waals surface area (Å²) >= 11 is 0. The number of hydrogen-bond donors (Lipinski definition) is 0. The molecule has 0 radical (unpaired) electrons. The van der Waals surface area contributed by atoms with Crippen LogP contribution in [0.25, 0.3) is 0 Å². The normalized spacial score (nSPS) is 27.8. The number of carbonyl (C=O) groups is 6. The first-order chi connectivity index (χ1) is 49.4. The Morgan fingerprint density at radius 3 is 1.47 bits per heavy atom. The summed E-state index contributed by atoms with van der Waals surface area (Å²) in [6, 6.07) is 56.7. The van der Waals surface area contributed by atoms with Crippen molar-refractivity contribution < 1.29 is 95.1 Å². The van der Waals surface area contributed by atoms with Gasteiger partial charge in [-0.25, -0.2) is 0 Å². The first-order valence-corrected chi connectivity index (χ1v) is 34.5. The van der Waals surface area contributed by atoms with Crippen LogP contribution in [0.15, 0.2) is 200 Å². The Morgan fingerprint density at radius 1 is 0.465 bits per heavy atom. The number of carbonyl (C=O) groups excluding carboxylic acids is 6. The van der Waals surface area contributed by atoms with E-state index in [2.05, 4.69) is 0 Å². The van der Waals surface area contributed by atoms with Gasteiger partial charge in [0.25, 0.3) is 23.6 Å². The fraction of sp³-hybridized carbons (Fsp3) is 0.392. The molecule has 16 atom stereocenters. The van der Waals surface area contributed by atoms with Gasteiger partial charge in [-0.05, 0) is 73.2 Å². The molecule has 0 aromatic heterocycles. The van der Waals surface area contributed by atoms with Crippen LogP contribution >= 0.6 is 0 Å². The van der Waals surface area contributed by atoms with Gasteiger partial charge >= 0.3 is 11.9 Å². The van der Waals surface area contributed by atoms with Crippen molar-refractivity contribution in [2.45, 2.75) is 171 Å². The SMILES string of the molecule is CCOC(=O)CCCCCO[C@@H]1O[C@H](COCc2ccccc2)[C@@H](O[C@@H]2O[C@@H]3COC(c4ccccc4)O[C@H]3[C@H](OC(C)=O)[C@H]2N2C(=O)c3ccccc3C2=O)[C@H](O[C@@H]2O[C@@H](C)[C@@H](OCc3ccccc3)[C@@H](OCc3ccccc3)[C@@H]2OCc2ccccc2)[C@H]1N1C(=O)c2ccccc2C1=O. The van der Waals surface area contributed by atoms with E-state index in [4.69, 9.17) is 66.3 Å². The molecule has 4 saturated heterocycles. The molecule has 0 spiro atoms. The largest absolute Gasteiger partial charge is 0.466 e. The Hall–Kier alpha value is -8.72. The standard InChI is InChI=1S/C79H82N2O20/c1-4-89-62(83)41-21-10-26-42-90-77-63(80-72(84)56-37-22-23-38-57(56)73(80)85)69(101-79-71(93-46-54-33-17-8-18-34-54)70(92-45-53-31-15-7-16-32-53)65(49(2)95-79)91-44-52-29-13-6-14-30-52)66(60(97-77)47-88-43-51-27-11-5-12-28-51)100-78-64(81-74(86)58-39-24-25-40-59(58)75(81)87)68(96-50(3)82)67-61(98-78)48-94-76(99-67)55-35-19-9-20-36-55/h5-9,11-20,22-25,27-40,49,60-61,63-71,76-79H,4,10,21,26,41-48H2,1-3H3/t49-,60+,61+,63+,64+,65+,66+,67+,68+,69+,70+,71-,76?,77+,78-,79-/m0/s1. The quantitative estimate of drug-likeness (QED) is 0.0241. The van der Waals surface area contributed by atoms with E-state index in [9.17, 15) is 9.59 Å². The molecule has 22 heteroatoms. The predicted molar refractivity (Wildman–Crippen MR) is 361 cm³/mol. The number of esters is 2. The summed E-state index contributed by atoms with van der Waals surface area (Å²) in [5.41, 5.74) is 4.23. The smallest absolute Gasteiger partial charge is 0.305 e. The van der Waals surface area contributed by atoms with Crippen molar-refractivity contribution in [3.63, 3.8) is 0 Å². The lowest BCUT2D eigenvalue weighted by Gasteiger charge is -2.54. The number of ether oxygens (including phenoxy) is 14. The fourth-order valence-corrected chi connectivity index (χ4v) is 13.9. The van der Waals surface area contributed by atoms with Gasteiger partial charge in [-0.3, -0.25) is 38.6 Å². The summed E-state index contributed by atoms with van der Waals surface area (Å²) in [7, 11) is 0. The lowest BCUT2D eigenvalue weighted by molar-refractivity contribution is -0.389. The molecule has 4 amide bonds. The summed E-state index contributed by atoms with van der Waals surface area (Å²) < 4.78 is 96.3. The maximum Gasteiger partial charge on any atom is 0.305 e. The zero-order valence-corrected chi connectivity index (χ0v) is 56.3. The Bertz CT molecular complexity index is 3860. The van der Waals surface area contributed by atoms with Crippen molar-refractivity contribution >= 4 is 35.6 Å². The lowest BCUT2D eigenvalue weighted by Crippen LogP contribution is -2.72. The summed E-state index contributed by atoms with van der Waals surface area (Å²) in [6.45, 7) is 4.79. The lowest BCUT2D eigenvalue weighted by atomic mass is 9.92. The summed E-state index contributed by atoms with van der Waals surface area (Å²) in [4.78, 5) is 90.1. The third-order valence-electron chi connectivity index (χ3n) is 18.7. The van der Waals surface area contributed by atoms with Crippen molar-refractivity contribution in [2.24, 2.45) is 0 Å². The fourth-order valence-electron chi connectivity index (χ4n) is 13.9. The second kappa shape index (κ2) is 33.4. The number of benzene rings is 7. The van der Waals surface area contributed by atoms with Crippen LogP contribution < -0.4 is 0 Å². The molecule has 7 aromatic carbocycles. The minimum absolute atomic E-state index is 0.000341. The molecule has 22 nitrogen and oxygen atoms in total. The van der Waals surface area contributed by atoms with E-state index in [0.717, 1.165) is 32.1 Å². The van der Waals surface area contributed by atoms with Gasteiger partial charge in [-0.15, -0.1) is 0 Å².